The van der Waals surface area contributed by atoms with Crippen molar-refractivity contribution >= 4 is 6.01 Å². The Bertz CT molecular complexity index is 218. The lowest BCUT2D eigenvalue weighted by atomic mass is 10.1. The molecule has 0 radical (unpaired) electrons. The van der Waals surface area contributed by atoms with Gasteiger partial charge in [0.15, 0.2) is 0 Å². The summed E-state index contributed by atoms with van der Waals surface area (Å²) in [5.74, 6) is 1.58. The van der Waals surface area contributed by atoms with Crippen molar-refractivity contribution in [2.75, 3.05) is 5.73 Å². The van der Waals surface area contributed by atoms with Crippen LogP contribution in [-0.2, 0) is 6.42 Å². The maximum Gasteiger partial charge on any atom is 0.292 e. The largest absolute Gasteiger partial charge is 0.429 e. The molecule has 3 heteroatoms. The first-order valence-electron chi connectivity index (χ1n) is 3.88. The molecular formula is C8H14N2O. The minimum Gasteiger partial charge on any atom is -0.429 e. The van der Waals surface area contributed by atoms with Gasteiger partial charge in [-0.15, -0.1) is 0 Å². The van der Waals surface area contributed by atoms with Crippen LogP contribution in [0.5, 0.6) is 0 Å². The van der Waals surface area contributed by atoms with Crippen LogP contribution in [0.2, 0.25) is 0 Å². The summed E-state index contributed by atoms with van der Waals surface area (Å²) in [6, 6.07) is 0.267. The molecule has 62 valence electrons. The summed E-state index contributed by atoms with van der Waals surface area (Å²) in [5.41, 5.74) is 5.31. The third-order valence-corrected chi connectivity index (χ3v) is 1.54. The quantitative estimate of drug-likeness (QED) is 0.722. The monoisotopic (exact) mass is 154 g/mol. The van der Waals surface area contributed by atoms with Gasteiger partial charge in [-0.2, -0.15) is 0 Å². The SMILES string of the molecule is CC(C)CCc1cnc(N)o1. The second-order valence-electron chi connectivity index (χ2n) is 3.10. The number of hydrogen-bond acceptors (Lipinski definition) is 3. The van der Waals surface area contributed by atoms with Crippen molar-refractivity contribution in [2.45, 2.75) is 26.7 Å². The van der Waals surface area contributed by atoms with E-state index in [1.807, 2.05) is 0 Å². The molecule has 0 aromatic carbocycles. The molecule has 2 N–H and O–H groups in total. The first-order chi connectivity index (χ1) is 5.18. The van der Waals surface area contributed by atoms with Crippen LogP contribution in [0.4, 0.5) is 6.01 Å². The first-order valence-corrected chi connectivity index (χ1v) is 3.88. The van der Waals surface area contributed by atoms with E-state index in [2.05, 4.69) is 18.8 Å². The molecule has 0 amide bonds. The number of nitrogen functional groups attached to an aromatic ring is 1. The van der Waals surface area contributed by atoms with Crippen LogP contribution in [0.25, 0.3) is 0 Å². The summed E-state index contributed by atoms with van der Waals surface area (Å²) in [7, 11) is 0. The zero-order valence-electron chi connectivity index (χ0n) is 7.00. The number of anilines is 1. The van der Waals surface area contributed by atoms with Crippen LogP contribution in [0, 0.1) is 5.92 Å². The maximum absolute atomic E-state index is 5.31. The molecule has 0 bridgehead atoms. The second-order valence-corrected chi connectivity index (χ2v) is 3.10. The van der Waals surface area contributed by atoms with E-state index in [0.29, 0.717) is 5.92 Å². The lowest BCUT2D eigenvalue weighted by molar-refractivity contribution is 0.485. The van der Waals surface area contributed by atoms with Crippen molar-refractivity contribution < 1.29 is 4.42 Å². The Labute approximate surface area is 66.6 Å². The highest BCUT2D eigenvalue weighted by atomic mass is 16.4. The summed E-state index contributed by atoms with van der Waals surface area (Å²) in [6.07, 6.45) is 3.74. The van der Waals surface area contributed by atoms with Gasteiger partial charge in [0.05, 0.1) is 6.20 Å². The minimum absolute atomic E-state index is 0.267. The average molecular weight is 154 g/mol. The van der Waals surface area contributed by atoms with Gasteiger partial charge in [-0.05, 0) is 12.3 Å². The fraction of sp³-hybridized carbons (Fsp3) is 0.625. The van der Waals surface area contributed by atoms with Crippen LogP contribution in [0.15, 0.2) is 10.6 Å². The molecule has 1 aromatic heterocycles. The molecule has 0 unspecified atom stereocenters. The molecule has 1 aromatic rings. The van der Waals surface area contributed by atoms with Gasteiger partial charge in [0.25, 0.3) is 6.01 Å². The van der Waals surface area contributed by atoms with E-state index in [9.17, 15) is 0 Å². The standard InChI is InChI=1S/C8H14N2O/c1-6(2)3-4-7-5-10-8(9)11-7/h5-6H,3-4H2,1-2H3,(H2,9,10). The van der Waals surface area contributed by atoms with Gasteiger partial charge in [-0.25, -0.2) is 4.98 Å². The van der Waals surface area contributed by atoms with E-state index >= 15 is 0 Å². The van der Waals surface area contributed by atoms with Crippen LogP contribution >= 0.6 is 0 Å². The topological polar surface area (TPSA) is 52.0 Å². The summed E-state index contributed by atoms with van der Waals surface area (Å²) in [5, 5.41) is 0. The molecule has 0 saturated heterocycles. The van der Waals surface area contributed by atoms with Crippen molar-refractivity contribution in [1.29, 1.82) is 0 Å². The number of aryl methyl sites for hydroxylation is 1. The number of oxazole rings is 1. The first kappa shape index (κ1) is 8.11. The Morgan fingerprint density at radius 3 is 2.82 bits per heavy atom. The second kappa shape index (κ2) is 3.42. The molecule has 0 saturated carbocycles. The Kier molecular flexibility index (Phi) is 2.52. The van der Waals surface area contributed by atoms with E-state index in [-0.39, 0.29) is 6.01 Å². The fourth-order valence-electron chi connectivity index (χ4n) is 0.869. The van der Waals surface area contributed by atoms with E-state index < -0.39 is 0 Å². The van der Waals surface area contributed by atoms with Crippen LogP contribution in [0.3, 0.4) is 0 Å². The Hall–Kier alpha value is -0.990. The zero-order chi connectivity index (χ0) is 8.27. The highest BCUT2D eigenvalue weighted by molar-refractivity contribution is 5.10. The van der Waals surface area contributed by atoms with Crippen molar-refractivity contribution in [3.05, 3.63) is 12.0 Å². The molecule has 0 aliphatic heterocycles. The van der Waals surface area contributed by atoms with E-state index in [1.165, 1.54) is 0 Å². The molecule has 0 aliphatic carbocycles. The molecule has 0 spiro atoms. The fourth-order valence-corrected chi connectivity index (χ4v) is 0.869. The van der Waals surface area contributed by atoms with Crippen molar-refractivity contribution in [2.24, 2.45) is 5.92 Å². The van der Waals surface area contributed by atoms with Crippen molar-refractivity contribution in [1.82, 2.24) is 4.98 Å². The number of aromatic nitrogens is 1. The molecular weight excluding hydrogens is 140 g/mol. The van der Waals surface area contributed by atoms with Crippen LogP contribution in [-0.4, -0.2) is 4.98 Å². The third kappa shape index (κ3) is 2.62. The van der Waals surface area contributed by atoms with Gasteiger partial charge in [-0.1, -0.05) is 13.8 Å². The Morgan fingerprint density at radius 1 is 1.64 bits per heavy atom. The normalized spacial score (nSPS) is 10.8. The van der Waals surface area contributed by atoms with E-state index in [4.69, 9.17) is 10.2 Å². The summed E-state index contributed by atoms with van der Waals surface area (Å²) in [6.45, 7) is 4.36. The summed E-state index contributed by atoms with van der Waals surface area (Å²) < 4.78 is 5.10. The number of hydrogen-bond donors (Lipinski definition) is 1. The molecule has 3 nitrogen and oxygen atoms in total. The van der Waals surface area contributed by atoms with Gasteiger partial charge in [0.1, 0.15) is 5.76 Å². The molecule has 1 heterocycles. The summed E-state index contributed by atoms with van der Waals surface area (Å²) in [4.78, 5) is 3.81. The smallest absolute Gasteiger partial charge is 0.292 e. The van der Waals surface area contributed by atoms with Crippen molar-refractivity contribution in [3.8, 4) is 0 Å². The lowest BCUT2D eigenvalue weighted by Gasteiger charge is -1.99. The summed E-state index contributed by atoms with van der Waals surface area (Å²) >= 11 is 0. The van der Waals surface area contributed by atoms with Gasteiger partial charge in [0, 0.05) is 6.42 Å². The minimum atomic E-state index is 0.267. The number of nitrogens with two attached hydrogens (primary N) is 1. The third-order valence-electron chi connectivity index (χ3n) is 1.54. The van der Waals surface area contributed by atoms with Gasteiger partial charge in [0.2, 0.25) is 0 Å². The predicted molar refractivity (Wildman–Crippen MR) is 44.1 cm³/mol. The molecule has 1 rings (SSSR count). The van der Waals surface area contributed by atoms with Crippen LogP contribution in [0.1, 0.15) is 26.0 Å². The van der Waals surface area contributed by atoms with Gasteiger partial charge in [-0.3, -0.25) is 0 Å². The molecule has 0 atom stereocenters. The zero-order valence-corrected chi connectivity index (χ0v) is 7.00. The highest BCUT2D eigenvalue weighted by Crippen LogP contribution is 2.10. The average Bonchev–Trinajstić information content (AvgIpc) is 2.31. The molecule has 0 aliphatic rings. The van der Waals surface area contributed by atoms with E-state index in [0.717, 1.165) is 18.6 Å². The predicted octanol–water partition coefficient (Wildman–Crippen LogP) is 1.85. The maximum atomic E-state index is 5.31. The Morgan fingerprint density at radius 2 is 2.36 bits per heavy atom. The van der Waals surface area contributed by atoms with Crippen molar-refractivity contribution in [3.63, 3.8) is 0 Å². The highest BCUT2D eigenvalue weighted by Gasteiger charge is 2.01. The van der Waals surface area contributed by atoms with E-state index in [1.54, 1.807) is 6.20 Å². The molecule has 11 heavy (non-hydrogen) atoms. The number of rotatable bonds is 3. The van der Waals surface area contributed by atoms with Gasteiger partial charge < -0.3 is 10.2 Å². The lowest BCUT2D eigenvalue weighted by Crippen LogP contribution is -1.90. The van der Waals surface area contributed by atoms with Crippen LogP contribution < -0.4 is 5.73 Å². The van der Waals surface area contributed by atoms with Gasteiger partial charge >= 0.3 is 0 Å². The Balaban J connectivity index is 2.39. The number of nitrogens with zero attached hydrogens (tertiary/aromatic N) is 1. The molecule has 0 fully saturated rings.